The van der Waals surface area contributed by atoms with E-state index in [2.05, 4.69) is 10.6 Å². The Morgan fingerprint density at radius 2 is 2.10 bits per heavy atom. The van der Waals surface area contributed by atoms with Gasteiger partial charge in [-0.3, -0.25) is 4.79 Å². The van der Waals surface area contributed by atoms with Gasteiger partial charge in [0.05, 0.1) is 0 Å². The van der Waals surface area contributed by atoms with Crippen LogP contribution in [0, 0.1) is 18.7 Å². The van der Waals surface area contributed by atoms with Gasteiger partial charge in [-0.1, -0.05) is 6.07 Å². The molecule has 20 heavy (non-hydrogen) atoms. The summed E-state index contributed by atoms with van der Waals surface area (Å²) in [6.07, 6.45) is 2.59. The first kappa shape index (κ1) is 16.9. The maximum atomic E-state index is 13.0. The van der Waals surface area contributed by atoms with E-state index in [0.29, 0.717) is 6.54 Å². The molecule has 0 spiro atoms. The maximum Gasteiger partial charge on any atom is 0.223 e. The topological polar surface area (TPSA) is 41.1 Å². The zero-order valence-corrected chi connectivity index (χ0v) is 12.6. The van der Waals surface area contributed by atoms with Crippen molar-refractivity contribution in [2.24, 2.45) is 5.92 Å². The predicted octanol–water partition coefficient (Wildman–Crippen LogP) is 2.21. The molecule has 0 unspecified atom stereocenters. The molecule has 1 aliphatic heterocycles. The summed E-state index contributed by atoms with van der Waals surface area (Å²) in [7, 11) is 0. The number of piperidine rings is 1. The van der Waals surface area contributed by atoms with Crippen LogP contribution in [0.15, 0.2) is 18.2 Å². The molecule has 0 bridgehead atoms. The third kappa shape index (κ3) is 4.76. The summed E-state index contributed by atoms with van der Waals surface area (Å²) in [5.74, 6) is 0.0943. The van der Waals surface area contributed by atoms with E-state index in [1.807, 2.05) is 6.92 Å². The van der Waals surface area contributed by atoms with Gasteiger partial charge in [0.2, 0.25) is 5.91 Å². The largest absolute Gasteiger partial charge is 0.356 e. The number of carbonyl (C=O) groups excluding carboxylic acids is 1. The van der Waals surface area contributed by atoms with E-state index in [9.17, 15) is 9.18 Å². The predicted molar refractivity (Wildman–Crippen MR) is 80.7 cm³/mol. The first-order valence-electron chi connectivity index (χ1n) is 6.90. The minimum atomic E-state index is -0.208. The summed E-state index contributed by atoms with van der Waals surface area (Å²) in [4.78, 5) is 11.9. The molecule has 1 amide bonds. The fourth-order valence-electron chi connectivity index (χ4n) is 2.49. The quantitative estimate of drug-likeness (QED) is 0.895. The molecule has 112 valence electrons. The molecule has 0 aromatic heterocycles. The smallest absolute Gasteiger partial charge is 0.223 e. The van der Waals surface area contributed by atoms with E-state index in [4.69, 9.17) is 0 Å². The molecule has 0 radical (unpaired) electrons. The molecule has 1 aromatic rings. The summed E-state index contributed by atoms with van der Waals surface area (Å²) in [5.41, 5.74) is 2.03. The van der Waals surface area contributed by atoms with Crippen LogP contribution in [0.4, 0.5) is 4.39 Å². The monoisotopic (exact) mass is 300 g/mol. The molecule has 1 aliphatic rings. The second kappa shape index (κ2) is 8.22. The Labute approximate surface area is 125 Å². The van der Waals surface area contributed by atoms with Crippen molar-refractivity contribution in [2.75, 3.05) is 19.6 Å². The van der Waals surface area contributed by atoms with Gasteiger partial charge in [-0.25, -0.2) is 4.39 Å². The average Bonchev–Trinajstić information content (AvgIpc) is 2.42. The van der Waals surface area contributed by atoms with Crippen LogP contribution in [0.1, 0.15) is 24.0 Å². The highest BCUT2D eigenvalue weighted by Gasteiger charge is 2.20. The van der Waals surface area contributed by atoms with E-state index in [-0.39, 0.29) is 30.0 Å². The number of benzene rings is 1. The van der Waals surface area contributed by atoms with Gasteiger partial charge in [0, 0.05) is 12.5 Å². The van der Waals surface area contributed by atoms with E-state index < -0.39 is 0 Å². The fourth-order valence-corrected chi connectivity index (χ4v) is 2.49. The zero-order chi connectivity index (χ0) is 13.7. The highest BCUT2D eigenvalue weighted by Crippen LogP contribution is 2.12. The molecular weight excluding hydrogens is 279 g/mol. The van der Waals surface area contributed by atoms with E-state index in [1.54, 1.807) is 6.07 Å². The van der Waals surface area contributed by atoms with Crippen molar-refractivity contribution >= 4 is 18.3 Å². The van der Waals surface area contributed by atoms with Crippen LogP contribution in [0.25, 0.3) is 0 Å². The Morgan fingerprint density at radius 1 is 1.40 bits per heavy atom. The number of amides is 1. The van der Waals surface area contributed by atoms with Crippen LogP contribution in [0.2, 0.25) is 0 Å². The molecule has 3 nitrogen and oxygen atoms in total. The van der Waals surface area contributed by atoms with E-state index in [0.717, 1.165) is 43.5 Å². The minimum absolute atomic E-state index is 0. The lowest BCUT2D eigenvalue weighted by Crippen LogP contribution is -2.38. The lowest BCUT2D eigenvalue weighted by molar-refractivity contribution is -0.125. The summed E-state index contributed by atoms with van der Waals surface area (Å²) >= 11 is 0. The number of rotatable bonds is 4. The van der Waals surface area contributed by atoms with Crippen LogP contribution in [0.5, 0.6) is 0 Å². The highest BCUT2D eigenvalue weighted by molar-refractivity contribution is 5.85. The van der Waals surface area contributed by atoms with Crippen molar-refractivity contribution in [2.45, 2.75) is 26.2 Å². The Balaban J connectivity index is 0.00000200. The lowest BCUT2D eigenvalue weighted by atomic mass is 9.97. The molecule has 5 heteroatoms. The second-order valence-electron chi connectivity index (χ2n) is 5.14. The Morgan fingerprint density at radius 3 is 2.75 bits per heavy atom. The molecule has 0 saturated carbocycles. The van der Waals surface area contributed by atoms with Crippen molar-refractivity contribution < 1.29 is 9.18 Å². The molecule has 0 atom stereocenters. The van der Waals surface area contributed by atoms with Gasteiger partial charge in [-0.15, -0.1) is 12.4 Å². The van der Waals surface area contributed by atoms with Crippen molar-refractivity contribution in [1.82, 2.24) is 10.6 Å². The third-order valence-electron chi connectivity index (χ3n) is 3.71. The third-order valence-corrected chi connectivity index (χ3v) is 3.71. The van der Waals surface area contributed by atoms with Gasteiger partial charge in [0.25, 0.3) is 0 Å². The maximum absolute atomic E-state index is 13.0. The number of halogens is 2. The lowest BCUT2D eigenvalue weighted by Gasteiger charge is -2.21. The zero-order valence-electron chi connectivity index (χ0n) is 11.7. The van der Waals surface area contributed by atoms with Gasteiger partial charge in [0.15, 0.2) is 0 Å². The van der Waals surface area contributed by atoms with Crippen LogP contribution < -0.4 is 10.6 Å². The van der Waals surface area contributed by atoms with Crippen molar-refractivity contribution in [1.29, 1.82) is 0 Å². The van der Waals surface area contributed by atoms with Gasteiger partial charge in [0.1, 0.15) is 5.82 Å². The van der Waals surface area contributed by atoms with Crippen LogP contribution in [-0.2, 0) is 11.2 Å². The van der Waals surface area contributed by atoms with Crippen molar-refractivity contribution in [3.8, 4) is 0 Å². The summed E-state index contributed by atoms with van der Waals surface area (Å²) in [6.45, 7) is 4.37. The Bertz CT molecular complexity index is 447. The fraction of sp³-hybridized carbons (Fsp3) is 0.533. The summed E-state index contributed by atoms with van der Waals surface area (Å²) < 4.78 is 13.0. The standard InChI is InChI=1S/C15H21FN2O.ClH/c1-11-10-14(16)3-2-12(11)6-9-18-15(19)13-4-7-17-8-5-13;/h2-3,10,13,17H,4-9H2,1H3,(H,18,19);1H. The number of hydrogen-bond acceptors (Lipinski definition) is 2. The molecule has 1 fully saturated rings. The van der Waals surface area contributed by atoms with Gasteiger partial charge < -0.3 is 10.6 Å². The number of nitrogens with one attached hydrogen (secondary N) is 2. The molecular formula is C15H22ClFN2O. The Kier molecular flexibility index (Phi) is 6.96. The van der Waals surface area contributed by atoms with Gasteiger partial charge in [-0.05, 0) is 62.5 Å². The van der Waals surface area contributed by atoms with E-state index >= 15 is 0 Å². The van der Waals surface area contributed by atoms with Crippen LogP contribution in [0.3, 0.4) is 0 Å². The van der Waals surface area contributed by atoms with E-state index in [1.165, 1.54) is 12.1 Å². The normalized spacial score (nSPS) is 15.5. The van der Waals surface area contributed by atoms with Gasteiger partial charge in [-0.2, -0.15) is 0 Å². The molecule has 2 N–H and O–H groups in total. The SMILES string of the molecule is Cc1cc(F)ccc1CCNC(=O)C1CCNCC1.Cl. The average molecular weight is 301 g/mol. The van der Waals surface area contributed by atoms with Crippen molar-refractivity contribution in [3.05, 3.63) is 35.1 Å². The number of aryl methyl sites for hydroxylation is 1. The second-order valence-corrected chi connectivity index (χ2v) is 5.14. The van der Waals surface area contributed by atoms with Crippen LogP contribution >= 0.6 is 12.4 Å². The van der Waals surface area contributed by atoms with Crippen LogP contribution in [-0.4, -0.2) is 25.5 Å². The van der Waals surface area contributed by atoms with Gasteiger partial charge >= 0.3 is 0 Å². The van der Waals surface area contributed by atoms with Crippen molar-refractivity contribution in [3.63, 3.8) is 0 Å². The first-order valence-corrected chi connectivity index (χ1v) is 6.90. The molecule has 1 saturated heterocycles. The molecule has 1 aromatic carbocycles. The number of hydrogen-bond donors (Lipinski definition) is 2. The molecule has 1 heterocycles. The summed E-state index contributed by atoms with van der Waals surface area (Å²) in [6, 6.07) is 4.79. The minimum Gasteiger partial charge on any atom is -0.356 e. The molecule has 0 aliphatic carbocycles. The number of carbonyl (C=O) groups is 1. The molecule has 2 rings (SSSR count). The first-order chi connectivity index (χ1) is 9.16. The Hall–Kier alpha value is -1.13. The highest BCUT2D eigenvalue weighted by atomic mass is 35.5. The summed E-state index contributed by atoms with van der Waals surface area (Å²) in [5, 5.41) is 6.23.